The van der Waals surface area contributed by atoms with Crippen LogP contribution in [0.5, 0.6) is 0 Å². The van der Waals surface area contributed by atoms with Crippen molar-refractivity contribution in [1.29, 1.82) is 0 Å². The first kappa shape index (κ1) is 15.0. The Hall–Kier alpha value is -1.92. The van der Waals surface area contributed by atoms with Crippen molar-refractivity contribution in [2.24, 2.45) is 5.92 Å². The van der Waals surface area contributed by atoms with E-state index in [1.165, 1.54) is 0 Å². The van der Waals surface area contributed by atoms with E-state index in [9.17, 15) is 18.7 Å². The summed E-state index contributed by atoms with van der Waals surface area (Å²) < 4.78 is 21.3. The second-order valence-electron chi connectivity index (χ2n) is 5.51. The van der Waals surface area contributed by atoms with Crippen molar-refractivity contribution >= 4 is 33.5 Å². The second kappa shape index (κ2) is 6.06. The highest BCUT2D eigenvalue weighted by atomic mass is 32.2. The first-order valence-electron chi connectivity index (χ1n) is 7.18. The van der Waals surface area contributed by atoms with Crippen LogP contribution in [0.1, 0.15) is 12.8 Å². The number of benzene rings is 2. The van der Waals surface area contributed by atoms with Gasteiger partial charge < -0.3 is 14.6 Å². The van der Waals surface area contributed by atoms with E-state index in [4.69, 9.17) is 0 Å². The summed E-state index contributed by atoms with van der Waals surface area (Å²) in [5, 5.41) is 11.1. The van der Waals surface area contributed by atoms with Gasteiger partial charge in [-0.15, -0.1) is 0 Å². The van der Waals surface area contributed by atoms with Crippen LogP contribution in [0.25, 0.3) is 10.8 Å². The van der Waals surface area contributed by atoms with Gasteiger partial charge in [-0.2, -0.15) is 0 Å². The van der Waals surface area contributed by atoms with Crippen LogP contribution in [0.3, 0.4) is 0 Å². The van der Waals surface area contributed by atoms with Gasteiger partial charge in [0.2, 0.25) is 0 Å². The summed E-state index contributed by atoms with van der Waals surface area (Å²) in [6.07, 6.45) is 1.41. The molecule has 0 spiro atoms. The Morgan fingerprint density at radius 3 is 2.73 bits per heavy atom. The zero-order chi connectivity index (χ0) is 15.7. The molecule has 2 atom stereocenters. The normalized spacial score (nSPS) is 20.0. The summed E-state index contributed by atoms with van der Waals surface area (Å²) in [6.45, 7) is 1.07. The van der Waals surface area contributed by atoms with E-state index in [0.29, 0.717) is 30.1 Å². The van der Waals surface area contributed by atoms with Crippen LogP contribution in [0, 0.1) is 5.92 Å². The van der Waals surface area contributed by atoms with Gasteiger partial charge in [-0.3, -0.25) is 4.79 Å². The molecule has 2 unspecified atom stereocenters. The number of piperidine rings is 1. The molecule has 2 N–H and O–H groups in total. The van der Waals surface area contributed by atoms with Gasteiger partial charge in [-0.1, -0.05) is 30.3 Å². The van der Waals surface area contributed by atoms with Crippen LogP contribution in [0.2, 0.25) is 0 Å². The highest BCUT2D eigenvalue weighted by Gasteiger charge is 2.28. The van der Waals surface area contributed by atoms with Crippen LogP contribution in [0.4, 0.5) is 5.69 Å². The smallest absolute Gasteiger partial charge is 0.308 e. The van der Waals surface area contributed by atoms with E-state index < -0.39 is 23.0 Å². The fraction of sp³-hybridized carbons (Fsp3) is 0.312. The summed E-state index contributed by atoms with van der Waals surface area (Å²) in [4.78, 5) is 13.6. The molecule has 1 heterocycles. The van der Waals surface area contributed by atoms with Crippen molar-refractivity contribution in [3.63, 3.8) is 0 Å². The van der Waals surface area contributed by atoms with Crippen LogP contribution >= 0.6 is 0 Å². The quantitative estimate of drug-likeness (QED) is 0.851. The van der Waals surface area contributed by atoms with Crippen LogP contribution in [-0.4, -0.2) is 32.9 Å². The van der Waals surface area contributed by atoms with Crippen LogP contribution < -0.4 is 4.90 Å². The number of nitrogens with zero attached hydrogens (tertiary/aromatic N) is 1. The number of carboxylic acid groups (broad SMARTS) is 1. The average molecular weight is 319 g/mol. The minimum Gasteiger partial charge on any atom is -0.481 e. The average Bonchev–Trinajstić information content (AvgIpc) is 2.53. The van der Waals surface area contributed by atoms with Gasteiger partial charge in [-0.05, 0) is 24.3 Å². The highest BCUT2D eigenvalue weighted by Crippen LogP contribution is 2.35. The van der Waals surface area contributed by atoms with Crippen molar-refractivity contribution in [1.82, 2.24) is 0 Å². The SMILES string of the molecule is O=C(O)C1CCCN(c2c(S(=O)O)ccc3ccccc23)C1. The molecule has 1 fully saturated rings. The lowest BCUT2D eigenvalue weighted by Crippen LogP contribution is -2.39. The Kier molecular flexibility index (Phi) is 4.13. The molecule has 0 aromatic heterocycles. The lowest BCUT2D eigenvalue weighted by Gasteiger charge is -2.34. The van der Waals surface area contributed by atoms with E-state index >= 15 is 0 Å². The van der Waals surface area contributed by atoms with Crippen molar-refractivity contribution in [2.75, 3.05) is 18.0 Å². The van der Waals surface area contributed by atoms with E-state index in [1.807, 2.05) is 35.2 Å². The lowest BCUT2D eigenvalue weighted by molar-refractivity contribution is -0.141. The Bertz CT molecular complexity index is 746. The van der Waals surface area contributed by atoms with Crippen molar-refractivity contribution in [3.05, 3.63) is 36.4 Å². The molecule has 0 amide bonds. The third-order valence-corrected chi connectivity index (χ3v) is 4.84. The molecular weight excluding hydrogens is 302 g/mol. The Morgan fingerprint density at radius 2 is 2.00 bits per heavy atom. The zero-order valence-electron chi connectivity index (χ0n) is 11.9. The number of rotatable bonds is 3. The predicted octanol–water partition coefficient (Wildman–Crippen LogP) is 2.72. The summed E-state index contributed by atoms with van der Waals surface area (Å²) in [7, 11) is 0. The van der Waals surface area contributed by atoms with Gasteiger partial charge in [0.1, 0.15) is 0 Å². The highest BCUT2D eigenvalue weighted by molar-refractivity contribution is 7.79. The first-order chi connectivity index (χ1) is 10.6. The number of hydrogen-bond donors (Lipinski definition) is 2. The Labute approximate surface area is 130 Å². The number of carbonyl (C=O) groups is 1. The fourth-order valence-electron chi connectivity index (χ4n) is 3.08. The van der Waals surface area contributed by atoms with E-state index in [2.05, 4.69) is 0 Å². The number of anilines is 1. The minimum absolute atomic E-state index is 0.338. The standard InChI is InChI=1S/C16H17NO4S/c18-16(19)12-5-3-9-17(10-12)15-13-6-2-1-4-11(13)7-8-14(15)22(20)21/h1-2,4,6-8,12H,3,5,9-10H2,(H,18,19)(H,20,21). The maximum Gasteiger partial charge on any atom is 0.308 e. The van der Waals surface area contributed by atoms with Crippen LogP contribution in [-0.2, 0) is 15.9 Å². The molecule has 0 aliphatic carbocycles. The van der Waals surface area contributed by atoms with Crippen LogP contribution in [0.15, 0.2) is 41.3 Å². The maximum atomic E-state index is 11.7. The van der Waals surface area contributed by atoms with Crippen molar-refractivity contribution < 1.29 is 18.7 Å². The predicted molar refractivity (Wildman–Crippen MR) is 85.6 cm³/mol. The van der Waals surface area contributed by atoms with E-state index in [1.54, 1.807) is 6.07 Å². The molecule has 22 heavy (non-hydrogen) atoms. The number of fused-ring (bicyclic) bond motifs is 1. The molecule has 1 saturated heterocycles. The van der Waals surface area contributed by atoms with Gasteiger partial charge in [0.15, 0.2) is 11.1 Å². The van der Waals surface area contributed by atoms with E-state index in [0.717, 1.165) is 17.2 Å². The number of hydrogen-bond acceptors (Lipinski definition) is 3. The monoisotopic (exact) mass is 319 g/mol. The molecule has 116 valence electrons. The zero-order valence-corrected chi connectivity index (χ0v) is 12.8. The Balaban J connectivity index is 2.13. The molecule has 6 heteroatoms. The van der Waals surface area contributed by atoms with Gasteiger partial charge in [-0.25, -0.2) is 4.21 Å². The molecule has 3 rings (SSSR count). The third kappa shape index (κ3) is 2.71. The van der Waals surface area contributed by atoms with Gasteiger partial charge >= 0.3 is 5.97 Å². The largest absolute Gasteiger partial charge is 0.481 e. The Morgan fingerprint density at radius 1 is 1.23 bits per heavy atom. The molecule has 0 bridgehead atoms. The summed E-state index contributed by atoms with van der Waals surface area (Å²) in [5.74, 6) is -1.25. The number of aliphatic carboxylic acids is 1. The third-order valence-electron chi connectivity index (χ3n) is 4.14. The van der Waals surface area contributed by atoms with Gasteiger partial charge in [0.05, 0.1) is 16.5 Å². The molecule has 5 nitrogen and oxygen atoms in total. The summed E-state index contributed by atoms with van der Waals surface area (Å²) in [5.41, 5.74) is 0.685. The topological polar surface area (TPSA) is 77.8 Å². The van der Waals surface area contributed by atoms with Gasteiger partial charge in [0, 0.05) is 18.5 Å². The van der Waals surface area contributed by atoms with E-state index in [-0.39, 0.29) is 0 Å². The maximum absolute atomic E-state index is 11.7. The van der Waals surface area contributed by atoms with Crippen molar-refractivity contribution in [2.45, 2.75) is 17.7 Å². The molecule has 0 saturated carbocycles. The molecule has 1 aliphatic heterocycles. The minimum atomic E-state index is -2.11. The molecule has 2 aromatic carbocycles. The molecule has 1 aliphatic rings. The molecular formula is C16H17NO4S. The first-order valence-corrected chi connectivity index (χ1v) is 8.29. The van der Waals surface area contributed by atoms with Crippen molar-refractivity contribution in [3.8, 4) is 0 Å². The molecule has 2 aromatic rings. The number of carboxylic acids is 1. The lowest BCUT2D eigenvalue weighted by atomic mass is 9.97. The molecule has 0 radical (unpaired) electrons. The summed E-state index contributed by atoms with van der Waals surface area (Å²) in [6, 6.07) is 11.1. The fourth-order valence-corrected chi connectivity index (χ4v) is 3.67. The second-order valence-corrected chi connectivity index (χ2v) is 6.44. The van der Waals surface area contributed by atoms with Gasteiger partial charge in [0.25, 0.3) is 0 Å². The summed E-state index contributed by atoms with van der Waals surface area (Å²) >= 11 is -2.11.